The van der Waals surface area contributed by atoms with Gasteiger partial charge in [-0.05, 0) is 48.5 Å². The van der Waals surface area contributed by atoms with E-state index < -0.39 is 0 Å². The van der Waals surface area contributed by atoms with E-state index in [9.17, 15) is 9.90 Å². The van der Waals surface area contributed by atoms with E-state index in [1.54, 1.807) is 12.3 Å². The number of hydrogen-bond acceptors (Lipinski definition) is 5. The third kappa shape index (κ3) is 3.84. The normalized spacial score (nSPS) is 25.6. The Morgan fingerprint density at radius 3 is 2.59 bits per heavy atom. The number of ether oxygens (including phenoxy) is 1. The molecule has 1 aromatic rings. The van der Waals surface area contributed by atoms with Gasteiger partial charge >= 0.3 is 0 Å². The summed E-state index contributed by atoms with van der Waals surface area (Å²) < 4.78 is 5.45. The average Bonchev–Trinajstić information content (AvgIpc) is 3.18. The second-order valence-electron chi connectivity index (χ2n) is 7.15. The van der Waals surface area contributed by atoms with E-state index in [1.165, 1.54) is 5.56 Å². The molecule has 1 aromatic carbocycles. The molecule has 0 saturated carbocycles. The zero-order chi connectivity index (χ0) is 18.6. The maximum atomic E-state index is 12.4. The van der Waals surface area contributed by atoms with Gasteiger partial charge in [0.1, 0.15) is 5.71 Å². The third-order valence-corrected chi connectivity index (χ3v) is 5.46. The molecule has 0 radical (unpaired) electrons. The number of rotatable bonds is 5. The molecule has 5 nitrogen and oxygen atoms in total. The fraction of sp³-hybridized carbons (Fsp3) is 0.409. The molecule has 0 spiro atoms. The molecule has 1 fully saturated rings. The maximum absolute atomic E-state index is 12.4. The minimum Gasteiger partial charge on any atom is -0.396 e. The topological polar surface area (TPSA) is 71.2 Å². The van der Waals surface area contributed by atoms with Gasteiger partial charge in [-0.15, -0.1) is 0 Å². The third-order valence-electron chi connectivity index (χ3n) is 5.46. The maximum Gasteiger partial charge on any atom is 0.203 e. The van der Waals surface area contributed by atoms with Crippen LogP contribution in [0.1, 0.15) is 42.3 Å². The van der Waals surface area contributed by atoms with Crippen molar-refractivity contribution in [1.29, 1.82) is 0 Å². The number of carbonyl (C=O) groups is 1. The van der Waals surface area contributed by atoms with Crippen molar-refractivity contribution in [3.05, 3.63) is 59.2 Å². The highest BCUT2D eigenvalue weighted by Gasteiger charge is 2.27. The molecule has 5 heteroatoms. The largest absolute Gasteiger partial charge is 0.396 e. The second-order valence-corrected chi connectivity index (χ2v) is 7.15. The summed E-state index contributed by atoms with van der Waals surface area (Å²) in [6.45, 7) is 1.70. The van der Waals surface area contributed by atoms with E-state index in [0.717, 1.165) is 37.2 Å². The van der Waals surface area contributed by atoms with Crippen LogP contribution >= 0.6 is 0 Å². The summed E-state index contributed by atoms with van der Waals surface area (Å²) in [7, 11) is 0. The molecule has 4 rings (SSSR count). The Morgan fingerprint density at radius 2 is 1.85 bits per heavy atom. The lowest BCUT2D eigenvalue weighted by molar-refractivity contribution is -0.109. The van der Waals surface area contributed by atoms with Crippen LogP contribution in [0.15, 0.2) is 58.1 Å². The van der Waals surface area contributed by atoms with Gasteiger partial charge in [0.25, 0.3) is 0 Å². The van der Waals surface area contributed by atoms with E-state index in [4.69, 9.17) is 9.73 Å². The minimum absolute atomic E-state index is 0.0355. The van der Waals surface area contributed by atoms with Gasteiger partial charge in [-0.3, -0.25) is 14.8 Å². The fourth-order valence-electron chi connectivity index (χ4n) is 3.91. The summed E-state index contributed by atoms with van der Waals surface area (Å²) in [5, 5.41) is 9.22. The Hall–Kier alpha value is -2.37. The Kier molecular flexibility index (Phi) is 5.41. The Balaban J connectivity index is 1.54. The van der Waals surface area contributed by atoms with Gasteiger partial charge in [-0.1, -0.05) is 30.3 Å². The molecule has 0 aromatic heterocycles. The first-order valence-electron chi connectivity index (χ1n) is 9.59. The van der Waals surface area contributed by atoms with Crippen LogP contribution < -0.4 is 0 Å². The van der Waals surface area contributed by atoms with Gasteiger partial charge in [0.05, 0.1) is 12.1 Å². The van der Waals surface area contributed by atoms with Gasteiger partial charge in [-0.2, -0.15) is 0 Å². The highest BCUT2D eigenvalue weighted by Crippen LogP contribution is 2.30. The van der Waals surface area contributed by atoms with Crippen LogP contribution in [0.2, 0.25) is 0 Å². The molecule has 3 aliphatic heterocycles. The number of dihydropyridines is 1. The van der Waals surface area contributed by atoms with Crippen molar-refractivity contribution in [3.8, 4) is 0 Å². The molecule has 3 heterocycles. The molecule has 0 bridgehead atoms. The van der Waals surface area contributed by atoms with E-state index in [0.29, 0.717) is 18.1 Å². The minimum atomic E-state index is -0.180. The van der Waals surface area contributed by atoms with Gasteiger partial charge < -0.3 is 9.84 Å². The number of hydrogen-bond donors (Lipinski definition) is 1. The van der Waals surface area contributed by atoms with Crippen molar-refractivity contribution in [1.82, 2.24) is 0 Å². The second kappa shape index (κ2) is 8.11. The lowest BCUT2D eigenvalue weighted by Crippen LogP contribution is -2.25. The van der Waals surface area contributed by atoms with Crippen molar-refractivity contribution in [3.63, 3.8) is 0 Å². The number of aliphatic imine (C=N–C) groups is 2. The molecular weight excluding hydrogens is 340 g/mol. The summed E-state index contributed by atoms with van der Waals surface area (Å²) in [5.74, 6) is 0.472. The molecule has 3 aliphatic rings. The Bertz CT molecular complexity index is 814. The van der Waals surface area contributed by atoms with Crippen LogP contribution in [-0.2, 0) is 9.53 Å². The molecule has 2 unspecified atom stereocenters. The summed E-state index contributed by atoms with van der Waals surface area (Å²) in [5.41, 5.74) is 3.69. The van der Waals surface area contributed by atoms with Gasteiger partial charge in [0.15, 0.2) is 0 Å². The molecule has 0 aliphatic carbocycles. The lowest BCUT2D eigenvalue weighted by atomic mass is 9.90. The number of benzene rings is 1. The quantitative estimate of drug-likeness (QED) is 0.873. The van der Waals surface area contributed by atoms with Crippen molar-refractivity contribution < 1.29 is 14.6 Å². The number of nitrogens with zero attached hydrogens (tertiary/aromatic N) is 2. The monoisotopic (exact) mass is 364 g/mol. The number of ketones is 1. The fourth-order valence-corrected chi connectivity index (χ4v) is 3.91. The van der Waals surface area contributed by atoms with Crippen molar-refractivity contribution >= 4 is 17.7 Å². The molecule has 1 N–H and O–H groups in total. The van der Waals surface area contributed by atoms with Crippen molar-refractivity contribution in [2.45, 2.75) is 37.3 Å². The standard InChI is InChI=1S/C22H24N2O3/c25-12-8-20-18(7-11-23-20)22-21(26)6-5-19(24-22)17-3-1-15(2-4-17)16-9-13-27-14-10-16/h1-7,11,16,19-20,25H,8-10,12-14H2. The molecule has 2 atom stereocenters. The highest BCUT2D eigenvalue weighted by atomic mass is 16.5. The van der Waals surface area contributed by atoms with Crippen LogP contribution in [-0.4, -0.2) is 48.7 Å². The lowest BCUT2D eigenvalue weighted by Gasteiger charge is -2.23. The molecule has 140 valence electrons. The van der Waals surface area contributed by atoms with E-state index in [2.05, 4.69) is 29.3 Å². The van der Waals surface area contributed by atoms with E-state index >= 15 is 0 Å². The first kappa shape index (κ1) is 18.0. The Morgan fingerprint density at radius 1 is 1.11 bits per heavy atom. The van der Waals surface area contributed by atoms with E-state index in [-0.39, 0.29) is 24.5 Å². The zero-order valence-electron chi connectivity index (χ0n) is 15.3. The van der Waals surface area contributed by atoms with Crippen LogP contribution in [0.4, 0.5) is 0 Å². The van der Waals surface area contributed by atoms with Gasteiger partial charge in [0.2, 0.25) is 5.78 Å². The van der Waals surface area contributed by atoms with Gasteiger partial charge in [-0.25, -0.2) is 0 Å². The summed E-state index contributed by atoms with van der Waals surface area (Å²) >= 11 is 0. The molecular formula is C22H24N2O3. The number of allylic oxidation sites excluding steroid dienone is 2. The van der Waals surface area contributed by atoms with Crippen LogP contribution in [0.25, 0.3) is 0 Å². The first-order chi connectivity index (χ1) is 13.3. The molecule has 0 amide bonds. The first-order valence-corrected chi connectivity index (χ1v) is 9.59. The predicted molar refractivity (Wildman–Crippen MR) is 106 cm³/mol. The number of aliphatic hydroxyl groups is 1. The predicted octanol–water partition coefficient (Wildman–Crippen LogP) is 2.96. The Labute approximate surface area is 159 Å². The van der Waals surface area contributed by atoms with Crippen LogP contribution in [0.3, 0.4) is 0 Å². The molecule has 27 heavy (non-hydrogen) atoms. The number of carbonyl (C=O) groups excluding carboxylic acids is 1. The van der Waals surface area contributed by atoms with Crippen LogP contribution in [0.5, 0.6) is 0 Å². The average molecular weight is 364 g/mol. The summed E-state index contributed by atoms with van der Waals surface area (Å²) in [6.07, 6.45) is 9.63. The van der Waals surface area contributed by atoms with Crippen molar-refractivity contribution in [2.75, 3.05) is 19.8 Å². The molecule has 1 saturated heterocycles. The summed E-state index contributed by atoms with van der Waals surface area (Å²) in [6, 6.07) is 8.23. The summed E-state index contributed by atoms with van der Waals surface area (Å²) in [4.78, 5) is 21.4. The number of aliphatic hydroxyl groups excluding tert-OH is 1. The highest BCUT2D eigenvalue weighted by molar-refractivity contribution is 6.51. The van der Waals surface area contributed by atoms with Gasteiger partial charge in [0, 0.05) is 31.6 Å². The SMILES string of the molecule is O=C1C=CC(c2ccc(C3CCOCC3)cc2)N=C1C1=CC=NC1CCO. The van der Waals surface area contributed by atoms with E-state index in [1.807, 2.05) is 12.2 Å². The smallest absolute Gasteiger partial charge is 0.203 e. The van der Waals surface area contributed by atoms with Crippen molar-refractivity contribution in [2.24, 2.45) is 9.98 Å². The zero-order valence-corrected chi connectivity index (χ0v) is 15.3. The van der Waals surface area contributed by atoms with Crippen LogP contribution in [0, 0.1) is 0 Å².